The standard InChI is InChI=1S/C50H40N6/c1-3-11-36(12-4-1)44-51-46(38-20-22-43(23-21-38)50-29-32-24-33(30-50)26-34(25-32)31-50)55-47(52-44)40-16-9-17-41(28-40)48-53-45(37-13-5-2-6-14-37)54-49(56-48)42-19-18-35-10-7-8-15-39(35)27-42/h1-23,27-28,32-34H,24-26,29-31H2. The fourth-order valence-electron chi connectivity index (χ4n) is 10.3. The minimum atomic E-state index is 0.344. The van der Waals surface area contributed by atoms with Gasteiger partial charge in [0.25, 0.3) is 0 Å². The Morgan fingerprint density at radius 2 is 0.696 bits per heavy atom. The highest BCUT2D eigenvalue weighted by atomic mass is 15.0. The van der Waals surface area contributed by atoms with Gasteiger partial charge in [0.2, 0.25) is 0 Å². The first kappa shape index (κ1) is 33.0. The van der Waals surface area contributed by atoms with Crippen LogP contribution in [0.1, 0.15) is 44.1 Å². The molecule has 0 aliphatic heterocycles. The molecule has 6 heteroatoms. The Labute approximate surface area is 326 Å². The van der Waals surface area contributed by atoms with Gasteiger partial charge in [-0.25, -0.2) is 29.9 Å². The van der Waals surface area contributed by atoms with Gasteiger partial charge >= 0.3 is 0 Å². The van der Waals surface area contributed by atoms with Gasteiger partial charge in [0.1, 0.15) is 0 Å². The van der Waals surface area contributed by atoms with Gasteiger partial charge in [0.05, 0.1) is 0 Å². The van der Waals surface area contributed by atoms with Crippen LogP contribution in [0.3, 0.4) is 0 Å². The van der Waals surface area contributed by atoms with E-state index in [0.717, 1.165) is 56.5 Å². The predicted octanol–water partition coefficient (Wildman–Crippen LogP) is 11.7. The smallest absolute Gasteiger partial charge is 0.164 e. The maximum atomic E-state index is 5.14. The van der Waals surface area contributed by atoms with Crippen LogP contribution in [0.15, 0.2) is 152 Å². The maximum absolute atomic E-state index is 5.14. The topological polar surface area (TPSA) is 77.3 Å². The number of hydrogen-bond donors (Lipinski definition) is 0. The monoisotopic (exact) mass is 724 g/mol. The Balaban J connectivity index is 0.995. The zero-order valence-electron chi connectivity index (χ0n) is 31.1. The Morgan fingerprint density at radius 1 is 0.321 bits per heavy atom. The molecule has 4 aliphatic carbocycles. The molecule has 0 unspecified atom stereocenters. The van der Waals surface area contributed by atoms with E-state index in [1.807, 2.05) is 60.7 Å². The Hall–Kier alpha value is -6.40. The number of fused-ring (bicyclic) bond motifs is 1. The molecule has 8 aromatic rings. The van der Waals surface area contributed by atoms with E-state index < -0.39 is 0 Å². The van der Waals surface area contributed by atoms with Crippen LogP contribution in [0.2, 0.25) is 0 Å². The fourth-order valence-corrected chi connectivity index (χ4v) is 10.3. The lowest BCUT2D eigenvalue weighted by molar-refractivity contribution is -0.00518. The number of hydrogen-bond acceptors (Lipinski definition) is 6. The third-order valence-corrected chi connectivity index (χ3v) is 12.5. The number of benzene rings is 6. The van der Waals surface area contributed by atoms with Crippen molar-refractivity contribution in [3.63, 3.8) is 0 Å². The summed E-state index contributed by atoms with van der Waals surface area (Å²) in [6, 6.07) is 52.4. The summed E-state index contributed by atoms with van der Waals surface area (Å²) in [7, 11) is 0. The summed E-state index contributed by atoms with van der Waals surface area (Å²) in [5.41, 5.74) is 7.37. The molecule has 270 valence electrons. The second kappa shape index (κ2) is 13.4. The largest absolute Gasteiger partial charge is 0.208 e. The van der Waals surface area contributed by atoms with Gasteiger partial charge < -0.3 is 0 Å². The lowest BCUT2D eigenvalue weighted by Crippen LogP contribution is -2.48. The van der Waals surface area contributed by atoms with Gasteiger partial charge in [-0.3, -0.25) is 0 Å². The second-order valence-corrected chi connectivity index (χ2v) is 16.3. The van der Waals surface area contributed by atoms with Crippen molar-refractivity contribution in [1.82, 2.24) is 29.9 Å². The highest BCUT2D eigenvalue weighted by Gasteiger charge is 2.51. The molecule has 0 spiro atoms. The summed E-state index contributed by atoms with van der Waals surface area (Å²) in [5.74, 6) is 6.46. The van der Waals surface area contributed by atoms with Crippen LogP contribution in [0, 0.1) is 17.8 Å². The van der Waals surface area contributed by atoms with Gasteiger partial charge in [-0.15, -0.1) is 0 Å². The fraction of sp³-hybridized carbons (Fsp3) is 0.200. The summed E-state index contributed by atoms with van der Waals surface area (Å²) < 4.78 is 0. The van der Waals surface area contributed by atoms with Gasteiger partial charge in [0, 0.05) is 33.4 Å². The van der Waals surface area contributed by atoms with Crippen molar-refractivity contribution < 1.29 is 0 Å². The summed E-state index contributed by atoms with van der Waals surface area (Å²) in [4.78, 5) is 30.3. The molecule has 0 saturated heterocycles. The van der Waals surface area contributed by atoms with Gasteiger partial charge in [-0.2, -0.15) is 0 Å². The summed E-state index contributed by atoms with van der Waals surface area (Å²) in [6.45, 7) is 0. The minimum absolute atomic E-state index is 0.344. The van der Waals surface area contributed by atoms with E-state index in [1.165, 1.54) is 49.5 Å². The van der Waals surface area contributed by atoms with E-state index in [-0.39, 0.29) is 0 Å². The van der Waals surface area contributed by atoms with Gasteiger partial charge in [-0.05, 0) is 90.2 Å². The molecule has 56 heavy (non-hydrogen) atoms. The van der Waals surface area contributed by atoms with Crippen LogP contribution in [-0.4, -0.2) is 29.9 Å². The van der Waals surface area contributed by atoms with Crippen molar-refractivity contribution in [1.29, 1.82) is 0 Å². The quantitative estimate of drug-likeness (QED) is 0.163. The molecule has 0 amide bonds. The van der Waals surface area contributed by atoms with Crippen LogP contribution < -0.4 is 0 Å². The van der Waals surface area contributed by atoms with Crippen LogP contribution in [0.4, 0.5) is 0 Å². The number of rotatable bonds is 7. The normalized spacial score (nSPS) is 21.0. The van der Waals surface area contributed by atoms with E-state index in [4.69, 9.17) is 29.9 Å². The highest BCUT2D eigenvalue weighted by Crippen LogP contribution is 2.60. The number of nitrogens with zero attached hydrogens (tertiary/aromatic N) is 6. The van der Waals surface area contributed by atoms with Crippen molar-refractivity contribution in [2.45, 2.75) is 43.9 Å². The van der Waals surface area contributed by atoms with E-state index in [1.54, 1.807) is 0 Å². The molecule has 6 aromatic carbocycles. The lowest BCUT2D eigenvalue weighted by Gasteiger charge is -2.57. The summed E-state index contributed by atoms with van der Waals surface area (Å²) in [6.07, 6.45) is 8.38. The van der Waals surface area contributed by atoms with Crippen LogP contribution in [-0.2, 0) is 5.41 Å². The maximum Gasteiger partial charge on any atom is 0.164 e. The zero-order valence-corrected chi connectivity index (χ0v) is 31.1. The molecule has 2 aromatic heterocycles. The van der Waals surface area contributed by atoms with Gasteiger partial charge in [0.15, 0.2) is 34.9 Å². The van der Waals surface area contributed by atoms with Crippen LogP contribution in [0.25, 0.3) is 79.1 Å². The molecular formula is C50H40N6. The highest BCUT2D eigenvalue weighted by molar-refractivity contribution is 5.86. The first-order valence-electron chi connectivity index (χ1n) is 19.9. The first-order chi connectivity index (χ1) is 27.6. The molecule has 0 N–H and O–H groups in total. The molecule has 6 nitrogen and oxygen atoms in total. The third-order valence-electron chi connectivity index (χ3n) is 12.5. The van der Waals surface area contributed by atoms with Crippen molar-refractivity contribution in [3.05, 3.63) is 157 Å². The van der Waals surface area contributed by atoms with E-state index in [2.05, 4.69) is 91.0 Å². The molecule has 0 atom stereocenters. The summed E-state index contributed by atoms with van der Waals surface area (Å²) in [5, 5.41) is 2.31. The molecule has 2 heterocycles. The third kappa shape index (κ3) is 6.06. The Morgan fingerprint density at radius 3 is 1.20 bits per heavy atom. The molecule has 12 rings (SSSR count). The van der Waals surface area contributed by atoms with E-state index in [0.29, 0.717) is 40.4 Å². The van der Waals surface area contributed by atoms with Crippen LogP contribution >= 0.6 is 0 Å². The SMILES string of the molecule is c1ccc(-c2nc(-c3ccc(C45CC6CC(CC(C6)C4)C5)cc3)nc(-c3cccc(-c4nc(-c5ccccc5)nc(-c5ccc6ccccc6c5)n4)c3)n2)cc1. The average Bonchev–Trinajstić information content (AvgIpc) is 3.26. The second-order valence-electron chi connectivity index (χ2n) is 16.3. The van der Waals surface area contributed by atoms with E-state index >= 15 is 0 Å². The van der Waals surface area contributed by atoms with E-state index in [9.17, 15) is 0 Å². The Kier molecular flexibility index (Phi) is 7.90. The zero-order chi connectivity index (χ0) is 37.1. The lowest BCUT2D eigenvalue weighted by atomic mass is 9.48. The van der Waals surface area contributed by atoms with Crippen molar-refractivity contribution >= 4 is 10.8 Å². The minimum Gasteiger partial charge on any atom is -0.208 e. The van der Waals surface area contributed by atoms with Crippen molar-refractivity contribution in [2.75, 3.05) is 0 Å². The first-order valence-corrected chi connectivity index (χ1v) is 19.9. The molecule has 4 bridgehead atoms. The predicted molar refractivity (Wildman–Crippen MR) is 223 cm³/mol. The molecule has 4 saturated carbocycles. The average molecular weight is 725 g/mol. The van der Waals surface area contributed by atoms with Crippen LogP contribution in [0.5, 0.6) is 0 Å². The molecule has 0 radical (unpaired) electrons. The summed E-state index contributed by atoms with van der Waals surface area (Å²) >= 11 is 0. The van der Waals surface area contributed by atoms with Gasteiger partial charge in [-0.1, -0.05) is 140 Å². The molecule has 4 fully saturated rings. The van der Waals surface area contributed by atoms with Crippen molar-refractivity contribution in [2.24, 2.45) is 17.8 Å². The van der Waals surface area contributed by atoms with Crippen molar-refractivity contribution in [3.8, 4) is 68.3 Å². The molecule has 4 aliphatic rings. The Bertz CT molecular complexity index is 2690. The molecular weight excluding hydrogens is 685 g/mol. The number of aromatic nitrogens is 6.